The van der Waals surface area contributed by atoms with Crippen molar-refractivity contribution in [3.05, 3.63) is 29.8 Å². The summed E-state index contributed by atoms with van der Waals surface area (Å²) in [5, 5.41) is 6.80. The van der Waals surface area contributed by atoms with E-state index in [0.717, 1.165) is 49.4 Å². The number of guanidine groups is 1. The van der Waals surface area contributed by atoms with Gasteiger partial charge in [-0.3, -0.25) is 0 Å². The van der Waals surface area contributed by atoms with Gasteiger partial charge < -0.3 is 25.0 Å². The van der Waals surface area contributed by atoms with E-state index in [-0.39, 0.29) is 24.0 Å². The number of rotatable bonds is 11. The van der Waals surface area contributed by atoms with Crippen LogP contribution in [0.25, 0.3) is 0 Å². The first-order valence-corrected chi connectivity index (χ1v) is 9.56. The third kappa shape index (κ3) is 9.62. The minimum atomic E-state index is 0. The molecule has 1 fully saturated rings. The molecule has 0 heterocycles. The van der Waals surface area contributed by atoms with Crippen LogP contribution < -0.4 is 15.4 Å². The molecular weight excluding hydrogens is 455 g/mol. The quantitative estimate of drug-likeness (QED) is 0.284. The van der Waals surface area contributed by atoms with E-state index in [4.69, 9.17) is 14.5 Å². The second-order valence-corrected chi connectivity index (χ2v) is 6.95. The summed E-state index contributed by atoms with van der Waals surface area (Å²) in [5.41, 5.74) is 1.15. The molecular formula is C20H35IN4O2. The van der Waals surface area contributed by atoms with Crippen molar-refractivity contribution in [2.24, 2.45) is 10.9 Å². The lowest BCUT2D eigenvalue weighted by Gasteiger charge is -2.16. The molecule has 6 nitrogen and oxygen atoms in total. The van der Waals surface area contributed by atoms with Gasteiger partial charge in [0, 0.05) is 32.8 Å². The lowest BCUT2D eigenvalue weighted by molar-refractivity contribution is 0.150. The fraction of sp³-hybridized carbons (Fsp3) is 0.650. The summed E-state index contributed by atoms with van der Waals surface area (Å²) < 4.78 is 11.0. The van der Waals surface area contributed by atoms with E-state index < -0.39 is 0 Å². The Balaban J connectivity index is 0.00000364. The van der Waals surface area contributed by atoms with E-state index in [9.17, 15) is 0 Å². The Morgan fingerprint density at radius 3 is 2.70 bits per heavy atom. The number of ether oxygens (including phenoxy) is 2. The molecule has 2 atom stereocenters. The van der Waals surface area contributed by atoms with Crippen LogP contribution in [0, 0.1) is 5.92 Å². The van der Waals surface area contributed by atoms with Gasteiger partial charge in [0.25, 0.3) is 0 Å². The number of nitrogens with one attached hydrogen (secondary N) is 2. The molecule has 1 saturated carbocycles. The van der Waals surface area contributed by atoms with E-state index in [1.165, 1.54) is 6.42 Å². The number of hydrogen-bond acceptors (Lipinski definition) is 4. The van der Waals surface area contributed by atoms with Gasteiger partial charge in [0.1, 0.15) is 12.4 Å². The molecule has 2 unspecified atom stereocenters. The third-order valence-electron chi connectivity index (χ3n) is 4.51. The highest BCUT2D eigenvalue weighted by Gasteiger charge is 2.33. The highest BCUT2D eigenvalue weighted by molar-refractivity contribution is 14.0. The van der Waals surface area contributed by atoms with E-state index in [0.29, 0.717) is 19.2 Å². The first kappa shape index (κ1) is 24.0. The Kier molecular flexibility index (Phi) is 11.7. The fourth-order valence-corrected chi connectivity index (χ4v) is 2.60. The summed E-state index contributed by atoms with van der Waals surface area (Å²) in [6.07, 6.45) is 1.23. The van der Waals surface area contributed by atoms with Crippen molar-refractivity contribution in [2.45, 2.75) is 32.9 Å². The van der Waals surface area contributed by atoms with Crippen LogP contribution in [0.5, 0.6) is 5.75 Å². The Labute approximate surface area is 181 Å². The van der Waals surface area contributed by atoms with Crippen LogP contribution in [0.2, 0.25) is 0 Å². The number of hydrogen-bond donors (Lipinski definition) is 2. The highest BCUT2D eigenvalue weighted by Crippen LogP contribution is 2.28. The zero-order valence-electron chi connectivity index (χ0n) is 17.0. The summed E-state index contributed by atoms with van der Waals surface area (Å²) in [7, 11) is 3.80. The van der Waals surface area contributed by atoms with Crippen molar-refractivity contribution in [1.29, 1.82) is 0 Å². The molecule has 1 aromatic carbocycles. The molecule has 0 spiro atoms. The van der Waals surface area contributed by atoms with Crippen molar-refractivity contribution in [3.8, 4) is 5.75 Å². The maximum atomic E-state index is 5.88. The van der Waals surface area contributed by atoms with Crippen LogP contribution in [0.15, 0.2) is 29.3 Å². The van der Waals surface area contributed by atoms with E-state index in [1.807, 2.05) is 12.1 Å². The molecule has 0 radical (unpaired) electrons. The van der Waals surface area contributed by atoms with Crippen LogP contribution in [-0.2, 0) is 11.3 Å². The fourth-order valence-electron chi connectivity index (χ4n) is 2.60. The molecule has 1 aliphatic carbocycles. The second-order valence-electron chi connectivity index (χ2n) is 6.95. The summed E-state index contributed by atoms with van der Waals surface area (Å²) in [4.78, 5) is 6.90. The van der Waals surface area contributed by atoms with E-state index in [2.05, 4.69) is 48.6 Å². The van der Waals surface area contributed by atoms with E-state index in [1.54, 1.807) is 7.11 Å². The average Bonchev–Trinajstić information content (AvgIpc) is 3.33. The van der Waals surface area contributed by atoms with Crippen molar-refractivity contribution in [1.82, 2.24) is 15.5 Å². The van der Waals surface area contributed by atoms with Crippen LogP contribution in [0.4, 0.5) is 0 Å². The van der Waals surface area contributed by atoms with Gasteiger partial charge >= 0.3 is 0 Å². The molecule has 0 bridgehead atoms. The first-order chi connectivity index (χ1) is 12.6. The highest BCUT2D eigenvalue weighted by atomic mass is 127. The smallest absolute Gasteiger partial charge is 0.191 e. The topological polar surface area (TPSA) is 58.1 Å². The predicted molar refractivity (Wildman–Crippen MR) is 122 cm³/mol. The average molecular weight is 490 g/mol. The van der Waals surface area contributed by atoms with Gasteiger partial charge in [-0.15, -0.1) is 24.0 Å². The zero-order chi connectivity index (χ0) is 18.8. The Hall–Kier alpha value is -1.06. The number of benzene rings is 1. The minimum absolute atomic E-state index is 0. The van der Waals surface area contributed by atoms with Crippen molar-refractivity contribution >= 4 is 29.9 Å². The Bertz CT molecular complexity index is 571. The second kappa shape index (κ2) is 13.2. The molecule has 0 aliphatic heterocycles. The van der Waals surface area contributed by atoms with Crippen molar-refractivity contribution in [2.75, 3.05) is 47.0 Å². The van der Waals surface area contributed by atoms with Gasteiger partial charge in [-0.25, -0.2) is 4.99 Å². The van der Waals surface area contributed by atoms with Gasteiger partial charge in [0.05, 0.1) is 13.2 Å². The predicted octanol–water partition coefficient (Wildman–Crippen LogP) is 2.73. The lowest BCUT2D eigenvalue weighted by Crippen LogP contribution is -2.39. The largest absolute Gasteiger partial charge is 0.492 e. The third-order valence-corrected chi connectivity index (χ3v) is 4.51. The Morgan fingerprint density at radius 2 is 2.04 bits per heavy atom. The molecule has 2 N–H and O–H groups in total. The number of halogens is 1. The van der Waals surface area contributed by atoms with Gasteiger partial charge in [-0.05, 0) is 44.0 Å². The molecule has 0 saturated heterocycles. The van der Waals surface area contributed by atoms with Gasteiger partial charge in [0.15, 0.2) is 5.96 Å². The molecule has 0 aromatic heterocycles. The monoisotopic (exact) mass is 490 g/mol. The van der Waals surface area contributed by atoms with Crippen LogP contribution in [-0.4, -0.2) is 63.9 Å². The molecule has 0 amide bonds. The van der Waals surface area contributed by atoms with Crippen LogP contribution in [0.1, 0.15) is 25.8 Å². The standard InChI is InChI=1S/C20H34N4O2.HI/c1-5-21-20(23-19-13-16(19)2)22-15-17-7-6-8-18(14-17)26-12-10-24(3)9-11-25-4;/h6-8,14,16,19H,5,9-13,15H2,1-4H3,(H2,21,22,23);1H. The summed E-state index contributed by atoms with van der Waals surface area (Å²) in [6, 6.07) is 8.75. The van der Waals surface area contributed by atoms with Crippen LogP contribution >= 0.6 is 24.0 Å². The molecule has 27 heavy (non-hydrogen) atoms. The molecule has 154 valence electrons. The minimum Gasteiger partial charge on any atom is -0.492 e. The summed E-state index contributed by atoms with van der Waals surface area (Å²) >= 11 is 0. The normalized spacial score (nSPS) is 18.8. The first-order valence-electron chi connectivity index (χ1n) is 9.56. The maximum absolute atomic E-state index is 5.88. The lowest BCUT2D eigenvalue weighted by atomic mass is 10.2. The molecule has 1 aliphatic rings. The molecule has 2 rings (SSSR count). The SMILES string of the molecule is CCNC(=NCc1cccc(OCCN(C)CCOC)c1)NC1CC1C.I. The van der Waals surface area contributed by atoms with Crippen molar-refractivity contribution in [3.63, 3.8) is 0 Å². The van der Waals surface area contributed by atoms with Crippen LogP contribution in [0.3, 0.4) is 0 Å². The summed E-state index contributed by atoms with van der Waals surface area (Å²) in [5.74, 6) is 2.54. The molecule has 1 aromatic rings. The maximum Gasteiger partial charge on any atom is 0.191 e. The number of methoxy groups -OCH3 is 1. The van der Waals surface area contributed by atoms with Gasteiger partial charge in [0.2, 0.25) is 0 Å². The number of nitrogens with zero attached hydrogens (tertiary/aromatic N) is 2. The molecule has 7 heteroatoms. The zero-order valence-corrected chi connectivity index (χ0v) is 19.4. The Morgan fingerprint density at radius 1 is 1.30 bits per heavy atom. The van der Waals surface area contributed by atoms with Crippen molar-refractivity contribution < 1.29 is 9.47 Å². The summed E-state index contributed by atoms with van der Waals surface area (Å²) in [6.45, 7) is 9.05. The number of aliphatic imine (C=N–C) groups is 1. The van der Waals surface area contributed by atoms with Gasteiger partial charge in [-0.1, -0.05) is 19.1 Å². The van der Waals surface area contributed by atoms with Gasteiger partial charge in [-0.2, -0.15) is 0 Å². The number of likely N-dealkylation sites (N-methyl/N-ethyl adjacent to an activating group) is 1. The van der Waals surface area contributed by atoms with E-state index >= 15 is 0 Å².